The Bertz CT molecular complexity index is 573. The fraction of sp³-hybridized carbons (Fsp3) is 0.611. The van der Waals surface area contributed by atoms with Crippen LogP contribution in [0, 0.1) is 0 Å². The Labute approximate surface area is 147 Å². The highest BCUT2D eigenvalue weighted by Crippen LogP contribution is 2.34. The van der Waals surface area contributed by atoms with Crippen molar-refractivity contribution in [3.63, 3.8) is 0 Å². The first-order chi connectivity index (χ1) is 11.8. The van der Waals surface area contributed by atoms with Crippen LogP contribution in [0.2, 0.25) is 0 Å². The monoisotopic (exact) mass is 348 g/mol. The summed E-state index contributed by atoms with van der Waals surface area (Å²) in [5.41, 5.74) is 1.20. The van der Waals surface area contributed by atoms with Crippen molar-refractivity contribution in [1.82, 2.24) is 10.2 Å². The molecule has 1 amide bonds. The molecule has 0 aliphatic carbocycles. The topological polar surface area (TPSA) is 50.8 Å². The highest BCUT2D eigenvalue weighted by molar-refractivity contribution is 7.99. The van der Waals surface area contributed by atoms with E-state index in [1.54, 1.807) is 0 Å². The summed E-state index contributed by atoms with van der Waals surface area (Å²) in [6.07, 6.45) is 1.41. The number of para-hydroxylation sites is 1. The third-order valence-electron chi connectivity index (χ3n) is 5.30. The molecule has 0 aromatic heterocycles. The predicted molar refractivity (Wildman–Crippen MR) is 94.6 cm³/mol. The molecule has 3 aliphatic heterocycles. The average molecular weight is 348 g/mol. The number of ether oxygens (including phenoxy) is 2. The van der Waals surface area contributed by atoms with Crippen molar-refractivity contribution in [3.05, 3.63) is 29.8 Å². The summed E-state index contributed by atoms with van der Waals surface area (Å²) in [5, 5.41) is 3.18. The van der Waals surface area contributed by atoms with E-state index < -0.39 is 6.10 Å². The van der Waals surface area contributed by atoms with Crippen LogP contribution in [0.25, 0.3) is 0 Å². The van der Waals surface area contributed by atoms with Crippen molar-refractivity contribution in [2.75, 3.05) is 44.4 Å². The molecule has 2 atom stereocenters. The Morgan fingerprint density at radius 2 is 2.17 bits per heavy atom. The molecule has 3 heterocycles. The van der Waals surface area contributed by atoms with E-state index in [4.69, 9.17) is 9.47 Å². The van der Waals surface area contributed by atoms with Gasteiger partial charge >= 0.3 is 0 Å². The molecule has 0 saturated carbocycles. The van der Waals surface area contributed by atoms with Gasteiger partial charge in [0, 0.05) is 37.3 Å². The van der Waals surface area contributed by atoms with E-state index in [9.17, 15) is 4.79 Å². The van der Waals surface area contributed by atoms with Gasteiger partial charge in [0.25, 0.3) is 5.91 Å². The lowest BCUT2D eigenvalue weighted by molar-refractivity contribution is -0.128. The highest BCUT2D eigenvalue weighted by Gasteiger charge is 2.41. The largest absolute Gasteiger partial charge is 0.480 e. The molecule has 1 aromatic rings. The van der Waals surface area contributed by atoms with E-state index >= 15 is 0 Å². The van der Waals surface area contributed by atoms with Gasteiger partial charge in [-0.3, -0.25) is 9.69 Å². The number of rotatable bonds is 4. The number of carbonyl (C=O) groups excluding carboxylic acids is 1. The van der Waals surface area contributed by atoms with Gasteiger partial charge in [0.15, 0.2) is 6.10 Å². The summed E-state index contributed by atoms with van der Waals surface area (Å²) in [4.78, 5) is 15.1. The number of benzene rings is 1. The Hall–Kier alpha value is -1.24. The maximum atomic E-state index is 12.6. The molecule has 5 nitrogen and oxygen atoms in total. The van der Waals surface area contributed by atoms with Gasteiger partial charge in [-0.2, -0.15) is 11.8 Å². The molecule has 0 bridgehead atoms. The number of carbonyl (C=O) groups is 1. The van der Waals surface area contributed by atoms with Crippen molar-refractivity contribution >= 4 is 17.7 Å². The van der Waals surface area contributed by atoms with Gasteiger partial charge in [-0.1, -0.05) is 18.2 Å². The number of nitrogens with one attached hydrogen (secondary N) is 1. The van der Waals surface area contributed by atoms with Gasteiger partial charge < -0.3 is 14.8 Å². The Morgan fingerprint density at radius 3 is 2.92 bits per heavy atom. The summed E-state index contributed by atoms with van der Waals surface area (Å²) >= 11 is 1.98. The van der Waals surface area contributed by atoms with E-state index in [1.807, 2.05) is 36.0 Å². The smallest absolute Gasteiger partial charge is 0.261 e. The van der Waals surface area contributed by atoms with Crippen LogP contribution in [0.4, 0.5) is 0 Å². The van der Waals surface area contributed by atoms with E-state index in [0.717, 1.165) is 49.8 Å². The Morgan fingerprint density at radius 1 is 1.33 bits per heavy atom. The molecule has 24 heavy (non-hydrogen) atoms. The predicted octanol–water partition coefficient (Wildman–Crippen LogP) is 1.31. The lowest BCUT2D eigenvalue weighted by atomic mass is 9.95. The van der Waals surface area contributed by atoms with Crippen LogP contribution in [0.5, 0.6) is 5.75 Å². The quantitative estimate of drug-likeness (QED) is 0.889. The maximum Gasteiger partial charge on any atom is 0.261 e. The fourth-order valence-electron chi connectivity index (χ4n) is 3.83. The van der Waals surface area contributed by atoms with E-state index in [2.05, 4.69) is 10.2 Å². The van der Waals surface area contributed by atoms with Gasteiger partial charge in [0.1, 0.15) is 5.75 Å². The fourth-order valence-corrected chi connectivity index (χ4v) is 5.31. The van der Waals surface area contributed by atoms with E-state index in [0.29, 0.717) is 13.0 Å². The van der Waals surface area contributed by atoms with Gasteiger partial charge in [-0.05, 0) is 23.8 Å². The molecule has 3 aliphatic rings. The van der Waals surface area contributed by atoms with Crippen LogP contribution in [0.3, 0.4) is 0 Å². The zero-order valence-corrected chi connectivity index (χ0v) is 14.6. The zero-order valence-electron chi connectivity index (χ0n) is 13.8. The van der Waals surface area contributed by atoms with Crippen LogP contribution in [0.15, 0.2) is 24.3 Å². The number of amides is 1. The normalized spacial score (nSPS) is 29.9. The first-order valence-corrected chi connectivity index (χ1v) is 9.85. The zero-order chi connectivity index (χ0) is 16.4. The molecule has 130 valence electrons. The van der Waals surface area contributed by atoms with Crippen LogP contribution in [-0.2, 0) is 16.0 Å². The molecule has 1 aromatic carbocycles. The van der Waals surface area contributed by atoms with Crippen LogP contribution in [-0.4, -0.2) is 66.8 Å². The third kappa shape index (κ3) is 3.15. The summed E-state index contributed by atoms with van der Waals surface area (Å²) in [6, 6.07) is 7.91. The van der Waals surface area contributed by atoms with Crippen molar-refractivity contribution < 1.29 is 14.3 Å². The third-order valence-corrected chi connectivity index (χ3v) is 6.53. The average Bonchev–Trinajstić information content (AvgIpc) is 3.28. The number of nitrogens with zero attached hydrogens (tertiary/aromatic N) is 1. The van der Waals surface area contributed by atoms with Gasteiger partial charge in [0.05, 0.1) is 13.2 Å². The van der Waals surface area contributed by atoms with E-state index in [1.165, 1.54) is 5.75 Å². The maximum absolute atomic E-state index is 12.6. The molecule has 6 heteroatoms. The second-order valence-electron chi connectivity index (χ2n) is 6.76. The number of morpholine rings is 1. The number of fused-ring (bicyclic) bond motifs is 1. The minimum Gasteiger partial charge on any atom is -0.480 e. The van der Waals surface area contributed by atoms with Crippen molar-refractivity contribution in [2.24, 2.45) is 0 Å². The Kier molecular flexibility index (Phi) is 4.70. The molecule has 0 unspecified atom stereocenters. The van der Waals surface area contributed by atoms with Crippen molar-refractivity contribution in [1.29, 1.82) is 0 Å². The highest BCUT2D eigenvalue weighted by atomic mass is 32.2. The van der Waals surface area contributed by atoms with Gasteiger partial charge in [0.2, 0.25) is 0 Å². The molecule has 2 saturated heterocycles. The summed E-state index contributed by atoms with van der Waals surface area (Å²) in [7, 11) is 0. The van der Waals surface area contributed by atoms with Crippen LogP contribution >= 0.6 is 11.8 Å². The molecule has 0 radical (unpaired) electrons. The summed E-state index contributed by atoms with van der Waals surface area (Å²) in [6.45, 7) is 4.21. The molecule has 1 N–H and O–H groups in total. The molecule has 2 fully saturated rings. The summed E-state index contributed by atoms with van der Waals surface area (Å²) < 4.78 is 11.3. The first-order valence-electron chi connectivity index (χ1n) is 8.70. The van der Waals surface area contributed by atoms with Crippen LogP contribution < -0.4 is 10.1 Å². The Balaban J connectivity index is 1.37. The first kappa shape index (κ1) is 16.2. The minimum atomic E-state index is -0.391. The lowest BCUT2D eigenvalue weighted by Gasteiger charge is -2.43. The number of thioether (sulfide) groups is 1. The summed E-state index contributed by atoms with van der Waals surface area (Å²) in [5.74, 6) is 3.10. The van der Waals surface area contributed by atoms with Gasteiger partial charge in [-0.15, -0.1) is 0 Å². The SMILES string of the molecule is O=C(NC[C@@]1(N2CCOCC2)CCSC1)[C@H]1Cc2ccccc2O1. The van der Waals surface area contributed by atoms with E-state index in [-0.39, 0.29) is 11.4 Å². The van der Waals surface area contributed by atoms with Crippen molar-refractivity contribution in [3.8, 4) is 5.75 Å². The lowest BCUT2D eigenvalue weighted by Crippen LogP contribution is -2.60. The molecule has 4 rings (SSSR count). The number of hydrogen-bond donors (Lipinski definition) is 1. The number of hydrogen-bond acceptors (Lipinski definition) is 5. The molecular formula is C18H24N2O3S. The minimum absolute atomic E-state index is 0.00994. The standard InChI is InChI=1S/C18H24N2O3S/c21-17(16-11-14-3-1-2-4-15(14)23-16)19-12-18(5-10-24-13-18)20-6-8-22-9-7-20/h1-4,16H,5-13H2,(H,19,21)/t16-,18+/m1/s1. The second kappa shape index (κ2) is 6.94. The van der Waals surface area contributed by atoms with Crippen LogP contribution in [0.1, 0.15) is 12.0 Å². The van der Waals surface area contributed by atoms with Crippen molar-refractivity contribution in [2.45, 2.75) is 24.5 Å². The molecule has 0 spiro atoms. The molecular weight excluding hydrogens is 324 g/mol. The van der Waals surface area contributed by atoms with Gasteiger partial charge in [-0.25, -0.2) is 0 Å². The second-order valence-corrected chi connectivity index (χ2v) is 7.87.